The molecule has 0 saturated carbocycles. The van der Waals surface area contributed by atoms with E-state index in [1.165, 1.54) is 0 Å². The molecule has 18 heavy (non-hydrogen) atoms. The second kappa shape index (κ2) is 4.02. The molecule has 7 heteroatoms. The first kappa shape index (κ1) is 10.6. The highest BCUT2D eigenvalue weighted by atomic mass is 15.2. The zero-order valence-corrected chi connectivity index (χ0v) is 9.86. The molecular weight excluding hydrogens is 230 g/mol. The standard InChI is InChI=1S/C11H13N7/c1-2-6-5-8(18-17-6)14-11-15-9(12)7-3-4-13-10(7)16-11/h3-5H,2H2,1H3,(H5,12,13,14,15,16,17,18). The topological polar surface area (TPSA) is 108 Å². The van der Waals surface area contributed by atoms with Crippen molar-refractivity contribution < 1.29 is 0 Å². The maximum absolute atomic E-state index is 5.85. The lowest BCUT2D eigenvalue weighted by molar-refractivity contribution is 0.975. The first-order chi connectivity index (χ1) is 8.76. The third kappa shape index (κ3) is 1.75. The van der Waals surface area contributed by atoms with E-state index in [0.29, 0.717) is 23.2 Å². The first-order valence-corrected chi connectivity index (χ1v) is 5.68. The maximum Gasteiger partial charge on any atom is 0.232 e. The molecule has 0 atom stereocenters. The molecule has 0 aromatic carbocycles. The van der Waals surface area contributed by atoms with Gasteiger partial charge in [0.2, 0.25) is 5.95 Å². The number of H-pyrrole nitrogens is 2. The largest absolute Gasteiger partial charge is 0.383 e. The number of aryl methyl sites for hydroxylation is 1. The smallest absolute Gasteiger partial charge is 0.232 e. The highest BCUT2D eigenvalue weighted by Crippen LogP contribution is 2.19. The van der Waals surface area contributed by atoms with Crippen LogP contribution in [-0.2, 0) is 6.42 Å². The molecular formula is C11H13N7. The van der Waals surface area contributed by atoms with E-state index in [-0.39, 0.29) is 0 Å². The van der Waals surface area contributed by atoms with E-state index in [0.717, 1.165) is 17.5 Å². The Labute approximate surface area is 103 Å². The molecule has 0 amide bonds. The summed E-state index contributed by atoms with van der Waals surface area (Å²) in [5.74, 6) is 1.55. The number of nitrogens with zero attached hydrogens (tertiary/aromatic N) is 3. The van der Waals surface area contributed by atoms with Crippen LogP contribution >= 0.6 is 0 Å². The van der Waals surface area contributed by atoms with Crippen LogP contribution in [0.25, 0.3) is 11.0 Å². The van der Waals surface area contributed by atoms with Crippen LogP contribution in [0, 0.1) is 0 Å². The van der Waals surface area contributed by atoms with Gasteiger partial charge >= 0.3 is 0 Å². The van der Waals surface area contributed by atoms with Gasteiger partial charge in [-0.3, -0.25) is 5.10 Å². The maximum atomic E-state index is 5.85. The molecule has 0 aliphatic heterocycles. The predicted molar refractivity (Wildman–Crippen MR) is 69.5 cm³/mol. The lowest BCUT2D eigenvalue weighted by Gasteiger charge is -2.02. The summed E-state index contributed by atoms with van der Waals surface area (Å²) in [6.45, 7) is 2.05. The van der Waals surface area contributed by atoms with Crippen LogP contribution in [0.3, 0.4) is 0 Å². The third-order valence-corrected chi connectivity index (χ3v) is 2.70. The summed E-state index contributed by atoms with van der Waals surface area (Å²) < 4.78 is 0. The van der Waals surface area contributed by atoms with Crippen LogP contribution in [0.2, 0.25) is 0 Å². The third-order valence-electron chi connectivity index (χ3n) is 2.70. The van der Waals surface area contributed by atoms with Crippen molar-refractivity contribution in [3.05, 3.63) is 24.0 Å². The van der Waals surface area contributed by atoms with Crippen molar-refractivity contribution in [2.45, 2.75) is 13.3 Å². The van der Waals surface area contributed by atoms with Gasteiger partial charge in [-0.05, 0) is 12.5 Å². The summed E-state index contributed by atoms with van der Waals surface area (Å²) in [6, 6.07) is 3.76. The average Bonchev–Trinajstić information content (AvgIpc) is 2.97. The SMILES string of the molecule is CCc1cc(Nc2nc(N)c3cc[nH]c3n2)n[nH]1. The summed E-state index contributed by atoms with van der Waals surface area (Å²) in [7, 11) is 0. The Morgan fingerprint density at radius 2 is 2.28 bits per heavy atom. The fourth-order valence-corrected chi connectivity index (χ4v) is 1.74. The lowest BCUT2D eigenvalue weighted by atomic mass is 10.3. The zero-order valence-electron chi connectivity index (χ0n) is 9.86. The Morgan fingerprint density at radius 3 is 3.06 bits per heavy atom. The van der Waals surface area contributed by atoms with Crippen LogP contribution < -0.4 is 11.1 Å². The van der Waals surface area contributed by atoms with Crippen LogP contribution in [-0.4, -0.2) is 25.1 Å². The molecule has 92 valence electrons. The van der Waals surface area contributed by atoms with Crippen molar-refractivity contribution in [1.82, 2.24) is 25.1 Å². The van der Waals surface area contributed by atoms with Gasteiger partial charge < -0.3 is 16.0 Å². The van der Waals surface area contributed by atoms with Gasteiger partial charge in [-0.25, -0.2) is 0 Å². The molecule has 0 bridgehead atoms. The number of hydrogen-bond donors (Lipinski definition) is 4. The van der Waals surface area contributed by atoms with Gasteiger partial charge in [-0.1, -0.05) is 6.92 Å². The number of nitrogens with one attached hydrogen (secondary N) is 3. The Morgan fingerprint density at radius 1 is 1.39 bits per heavy atom. The van der Waals surface area contributed by atoms with Gasteiger partial charge in [-0.15, -0.1) is 0 Å². The van der Waals surface area contributed by atoms with E-state index in [1.807, 2.05) is 12.1 Å². The van der Waals surface area contributed by atoms with Crippen LogP contribution in [0.5, 0.6) is 0 Å². The normalized spacial score (nSPS) is 10.9. The summed E-state index contributed by atoms with van der Waals surface area (Å²) >= 11 is 0. The van der Waals surface area contributed by atoms with Crippen LogP contribution in [0.1, 0.15) is 12.6 Å². The molecule has 0 aliphatic carbocycles. The number of hydrogen-bond acceptors (Lipinski definition) is 5. The second-order valence-corrected chi connectivity index (χ2v) is 3.93. The fourth-order valence-electron chi connectivity index (χ4n) is 1.74. The number of fused-ring (bicyclic) bond motifs is 1. The van der Waals surface area contributed by atoms with Crippen molar-refractivity contribution in [3.8, 4) is 0 Å². The molecule has 3 heterocycles. The number of aromatic nitrogens is 5. The van der Waals surface area contributed by atoms with Gasteiger partial charge in [0.25, 0.3) is 0 Å². The van der Waals surface area contributed by atoms with Crippen molar-refractivity contribution in [2.75, 3.05) is 11.1 Å². The Hall–Kier alpha value is -2.57. The monoisotopic (exact) mass is 243 g/mol. The summed E-state index contributed by atoms with van der Waals surface area (Å²) in [5, 5.41) is 10.9. The Bertz CT molecular complexity index is 682. The van der Waals surface area contributed by atoms with Gasteiger partial charge in [0, 0.05) is 18.0 Å². The lowest BCUT2D eigenvalue weighted by Crippen LogP contribution is -2.01. The highest BCUT2D eigenvalue weighted by molar-refractivity contribution is 5.86. The van der Waals surface area contributed by atoms with E-state index < -0.39 is 0 Å². The molecule has 0 fully saturated rings. The average molecular weight is 243 g/mol. The van der Waals surface area contributed by atoms with Gasteiger partial charge in [0.15, 0.2) is 5.82 Å². The van der Waals surface area contributed by atoms with Crippen molar-refractivity contribution in [2.24, 2.45) is 0 Å². The van der Waals surface area contributed by atoms with Gasteiger partial charge in [0.1, 0.15) is 11.5 Å². The molecule has 0 unspecified atom stereocenters. The molecule has 0 aliphatic rings. The molecule has 5 N–H and O–H groups in total. The van der Waals surface area contributed by atoms with E-state index in [9.17, 15) is 0 Å². The Balaban J connectivity index is 1.94. The molecule has 0 spiro atoms. The van der Waals surface area contributed by atoms with Crippen LogP contribution in [0.15, 0.2) is 18.3 Å². The number of nitrogen functional groups attached to an aromatic ring is 1. The van der Waals surface area contributed by atoms with Gasteiger partial charge in [0.05, 0.1) is 5.39 Å². The van der Waals surface area contributed by atoms with E-state index in [4.69, 9.17) is 5.73 Å². The van der Waals surface area contributed by atoms with E-state index >= 15 is 0 Å². The second-order valence-electron chi connectivity index (χ2n) is 3.93. The summed E-state index contributed by atoms with van der Waals surface area (Å²) in [4.78, 5) is 11.5. The summed E-state index contributed by atoms with van der Waals surface area (Å²) in [5.41, 5.74) is 7.60. The van der Waals surface area contributed by atoms with E-state index in [1.54, 1.807) is 6.20 Å². The Kier molecular flexibility index (Phi) is 2.36. The van der Waals surface area contributed by atoms with Crippen molar-refractivity contribution in [1.29, 1.82) is 0 Å². The zero-order chi connectivity index (χ0) is 12.5. The minimum Gasteiger partial charge on any atom is -0.383 e. The quantitative estimate of drug-likeness (QED) is 0.558. The number of rotatable bonds is 3. The number of nitrogens with two attached hydrogens (primary N) is 1. The van der Waals surface area contributed by atoms with Crippen molar-refractivity contribution in [3.63, 3.8) is 0 Å². The molecule has 3 aromatic heterocycles. The number of aromatic amines is 2. The minimum absolute atomic E-state index is 0.427. The number of anilines is 3. The van der Waals surface area contributed by atoms with Crippen molar-refractivity contribution >= 4 is 28.6 Å². The molecule has 3 aromatic rings. The highest BCUT2D eigenvalue weighted by Gasteiger charge is 2.07. The molecule has 0 radical (unpaired) electrons. The van der Waals surface area contributed by atoms with E-state index in [2.05, 4.69) is 37.4 Å². The van der Waals surface area contributed by atoms with Gasteiger partial charge in [-0.2, -0.15) is 15.1 Å². The predicted octanol–water partition coefficient (Wildman–Crippen LogP) is 1.57. The van der Waals surface area contributed by atoms with Crippen LogP contribution in [0.4, 0.5) is 17.6 Å². The molecule has 7 nitrogen and oxygen atoms in total. The first-order valence-electron chi connectivity index (χ1n) is 5.68. The summed E-state index contributed by atoms with van der Waals surface area (Å²) in [6.07, 6.45) is 2.68. The fraction of sp³-hybridized carbons (Fsp3) is 0.182. The molecule has 0 saturated heterocycles. The minimum atomic E-state index is 0.427. The molecule has 3 rings (SSSR count).